The van der Waals surface area contributed by atoms with Crippen molar-refractivity contribution in [2.24, 2.45) is 11.8 Å². The molecule has 1 saturated carbocycles. The fourth-order valence-electron chi connectivity index (χ4n) is 3.50. The molecule has 1 aliphatic heterocycles. The van der Waals surface area contributed by atoms with Gasteiger partial charge in [-0.15, -0.1) is 0 Å². The zero-order valence-electron chi connectivity index (χ0n) is 12.1. The molecule has 0 aromatic heterocycles. The van der Waals surface area contributed by atoms with Crippen molar-refractivity contribution < 1.29 is 4.74 Å². The van der Waals surface area contributed by atoms with Crippen LogP contribution < -0.4 is 10.1 Å². The third-order valence-corrected chi connectivity index (χ3v) is 4.99. The van der Waals surface area contributed by atoms with Crippen molar-refractivity contribution in [3.05, 3.63) is 29.8 Å². The second-order valence-electron chi connectivity index (χ2n) is 6.36. The number of hydrogen-bond donors (Lipinski definition) is 1. The molecule has 1 heterocycles. The monoisotopic (exact) mass is 259 g/mol. The van der Waals surface area contributed by atoms with E-state index in [2.05, 4.69) is 43.4 Å². The molecule has 0 bridgehead atoms. The van der Waals surface area contributed by atoms with E-state index in [4.69, 9.17) is 4.74 Å². The van der Waals surface area contributed by atoms with E-state index in [9.17, 15) is 0 Å². The largest absolute Gasteiger partial charge is 0.493 e. The predicted molar refractivity (Wildman–Crippen MR) is 78.4 cm³/mol. The van der Waals surface area contributed by atoms with Crippen LogP contribution in [-0.4, -0.2) is 12.6 Å². The summed E-state index contributed by atoms with van der Waals surface area (Å²) in [6.45, 7) is 5.63. The van der Waals surface area contributed by atoms with E-state index in [1.807, 2.05) is 0 Å². The SMILES string of the molecule is CC1CCC(NC2CCOc3ccccc32)CC1C. The van der Waals surface area contributed by atoms with Crippen LogP contribution in [0.1, 0.15) is 51.1 Å². The van der Waals surface area contributed by atoms with Crippen LogP contribution in [0.2, 0.25) is 0 Å². The first-order valence-corrected chi connectivity index (χ1v) is 7.72. The molecule has 1 aromatic rings. The van der Waals surface area contributed by atoms with Crippen molar-refractivity contribution in [2.45, 2.75) is 51.6 Å². The Morgan fingerprint density at radius 1 is 1.05 bits per heavy atom. The van der Waals surface area contributed by atoms with Gasteiger partial charge in [0.05, 0.1) is 6.61 Å². The molecule has 3 rings (SSSR count). The van der Waals surface area contributed by atoms with Crippen molar-refractivity contribution in [3.8, 4) is 5.75 Å². The number of benzene rings is 1. The maximum atomic E-state index is 5.74. The summed E-state index contributed by atoms with van der Waals surface area (Å²) in [5, 5.41) is 3.88. The number of hydrogen-bond acceptors (Lipinski definition) is 2. The molecule has 2 heteroatoms. The van der Waals surface area contributed by atoms with E-state index < -0.39 is 0 Å². The molecular weight excluding hydrogens is 234 g/mol. The quantitative estimate of drug-likeness (QED) is 0.869. The standard InChI is InChI=1S/C17H25NO/c1-12-7-8-14(11-13(12)2)18-16-9-10-19-17-6-4-3-5-15(16)17/h3-6,12-14,16,18H,7-11H2,1-2H3. The number of nitrogens with one attached hydrogen (secondary N) is 1. The lowest BCUT2D eigenvalue weighted by atomic mass is 9.78. The van der Waals surface area contributed by atoms with E-state index in [1.165, 1.54) is 24.8 Å². The Bertz CT molecular complexity index is 431. The van der Waals surface area contributed by atoms with Gasteiger partial charge in [-0.25, -0.2) is 0 Å². The molecule has 1 N–H and O–H groups in total. The van der Waals surface area contributed by atoms with Crippen molar-refractivity contribution in [2.75, 3.05) is 6.61 Å². The molecule has 4 atom stereocenters. The van der Waals surface area contributed by atoms with Gasteiger partial charge in [-0.1, -0.05) is 32.0 Å². The lowest BCUT2D eigenvalue weighted by Gasteiger charge is -2.36. The average Bonchev–Trinajstić information content (AvgIpc) is 2.43. The highest BCUT2D eigenvalue weighted by Gasteiger charge is 2.28. The van der Waals surface area contributed by atoms with Gasteiger partial charge >= 0.3 is 0 Å². The van der Waals surface area contributed by atoms with Gasteiger partial charge in [-0.2, -0.15) is 0 Å². The topological polar surface area (TPSA) is 21.3 Å². The number of para-hydroxylation sites is 1. The first-order chi connectivity index (χ1) is 9.24. The minimum Gasteiger partial charge on any atom is -0.493 e. The molecule has 1 fully saturated rings. The Balaban J connectivity index is 1.68. The summed E-state index contributed by atoms with van der Waals surface area (Å²) in [6.07, 6.45) is 5.10. The summed E-state index contributed by atoms with van der Waals surface area (Å²) in [5.41, 5.74) is 1.35. The average molecular weight is 259 g/mol. The van der Waals surface area contributed by atoms with Gasteiger partial charge in [0.1, 0.15) is 5.75 Å². The molecular formula is C17H25NO. The molecule has 0 radical (unpaired) electrons. The van der Waals surface area contributed by atoms with E-state index in [1.54, 1.807) is 0 Å². The van der Waals surface area contributed by atoms with E-state index in [-0.39, 0.29) is 0 Å². The summed E-state index contributed by atoms with van der Waals surface area (Å²) < 4.78 is 5.74. The zero-order valence-corrected chi connectivity index (χ0v) is 12.1. The van der Waals surface area contributed by atoms with Gasteiger partial charge in [0.15, 0.2) is 0 Å². The van der Waals surface area contributed by atoms with Crippen molar-refractivity contribution in [1.82, 2.24) is 5.32 Å². The van der Waals surface area contributed by atoms with Crippen LogP contribution in [0.15, 0.2) is 24.3 Å². The van der Waals surface area contributed by atoms with Crippen LogP contribution in [0.3, 0.4) is 0 Å². The van der Waals surface area contributed by atoms with Crippen LogP contribution in [0, 0.1) is 11.8 Å². The minimum absolute atomic E-state index is 0.482. The van der Waals surface area contributed by atoms with Crippen molar-refractivity contribution >= 4 is 0 Å². The van der Waals surface area contributed by atoms with Gasteiger partial charge in [0.25, 0.3) is 0 Å². The number of rotatable bonds is 2. The molecule has 0 spiro atoms. The normalized spacial score (nSPS) is 34.4. The first kappa shape index (κ1) is 13.0. The summed E-state index contributed by atoms with van der Waals surface area (Å²) >= 11 is 0. The smallest absolute Gasteiger partial charge is 0.124 e. The van der Waals surface area contributed by atoms with Crippen molar-refractivity contribution in [3.63, 3.8) is 0 Å². The van der Waals surface area contributed by atoms with Crippen LogP contribution in [-0.2, 0) is 0 Å². The molecule has 0 saturated heterocycles. The number of fused-ring (bicyclic) bond motifs is 1. The summed E-state index contributed by atoms with van der Waals surface area (Å²) in [7, 11) is 0. The van der Waals surface area contributed by atoms with Crippen LogP contribution >= 0.6 is 0 Å². The summed E-state index contributed by atoms with van der Waals surface area (Å²) in [6, 6.07) is 9.65. The Kier molecular flexibility index (Phi) is 3.79. The lowest BCUT2D eigenvalue weighted by Crippen LogP contribution is -2.40. The minimum atomic E-state index is 0.482. The fraction of sp³-hybridized carbons (Fsp3) is 0.647. The first-order valence-electron chi connectivity index (χ1n) is 7.72. The van der Waals surface area contributed by atoms with Gasteiger partial charge < -0.3 is 10.1 Å². The number of ether oxygens (including phenoxy) is 1. The lowest BCUT2D eigenvalue weighted by molar-refractivity contribution is 0.192. The van der Waals surface area contributed by atoms with E-state index >= 15 is 0 Å². The Labute approximate surface area is 116 Å². The molecule has 2 aliphatic rings. The molecule has 4 unspecified atom stereocenters. The molecule has 104 valence electrons. The van der Waals surface area contributed by atoms with Gasteiger partial charge in [-0.3, -0.25) is 0 Å². The van der Waals surface area contributed by atoms with Gasteiger partial charge in [-0.05, 0) is 37.2 Å². The van der Waals surface area contributed by atoms with Crippen LogP contribution in [0.5, 0.6) is 5.75 Å². The highest BCUT2D eigenvalue weighted by atomic mass is 16.5. The highest BCUT2D eigenvalue weighted by molar-refractivity contribution is 5.37. The van der Waals surface area contributed by atoms with Crippen LogP contribution in [0.25, 0.3) is 0 Å². The Morgan fingerprint density at radius 2 is 1.89 bits per heavy atom. The Hall–Kier alpha value is -1.02. The molecule has 0 amide bonds. The summed E-state index contributed by atoms with van der Waals surface area (Å²) in [4.78, 5) is 0. The molecule has 1 aliphatic carbocycles. The van der Waals surface area contributed by atoms with Gasteiger partial charge in [0.2, 0.25) is 0 Å². The van der Waals surface area contributed by atoms with E-state index in [0.717, 1.165) is 30.6 Å². The highest BCUT2D eigenvalue weighted by Crippen LogP contribution is 2.35. The maximum absolute atomic E-state index is 5.74. The molecule has 1 aromatic carbocycles. The third-order valence-electron chi connectivity index (χ3n) is 4.99. The fourth-order valence-corrected chi connectivity index (χ4v) is 3.50. The predicted octanol–water partition coefficient (Wildman–Crippen LogP) is 3.92. The maximum Gasteiger partial charge on any atom is 0.124 e. The third kappa shape index (κ3) is 2.79. The van der Waals surface area contributed by atoms with Crippen LogP contribution in [0.4, 0.5) is 0 Å². The van der Waals surface area contributed by atoms with Gasteiger partial charge in [0, 0.05) is 24.1 Å². The second kappa shape index (κ2) is 5.54. The molecule has 19 heavy (non-hydrogen) atoms. The summed E-state index contributed by atoms with van der Waals surface area (Å²) in [5.74, 6) is 2.81. The zero-order chi connectivity index (χ0) is 13.2. The van der Waals surface area contributed by atoms with E-state index in [0.29, 0.717) is 12.1 Å². The molecule has 2 nitrogen and oxygen atoms in total. The Morgan fingerprint density at radius 3 is 2.74 bits per heavy atom. The van der Waals surface area contributed by atoms with Crippen molar-refractivity contribution in [1.29, 1.82) is 0 Å². The second-order valence-corrected chi connectivity index (χ2v) is 6.36.